The van der Waals surface area contributed by atoms with Gasteiger partial charge in [0.1, 0.15) is 6.04 Å². The van der Waals surface area contributed by atoms with Gasteiger partial charge < -0.3 is 10.1 Å². The first-order valence-corrected chi connectivity index (χ1v) is 3.87. The van der Waals surface area contributed by atoms with Gasteiger partial charge in [0.2, 0.25) is 5.91 Å². The molecule has 1 saturated heterocycles. The number of nitrogens with one attached hydrogen (secondary N) is 1. The Bertz CT molecular complexity index is 222. The second-order valence-corrected chi connectivity index (χ2v) is 3.73. The summed E-state index contributed by atoms with van der Waals surface area (Å²) in [4.78, 5) is 21.8. The molecule has 1 N–H and O–H groups in total. The van der Waals surface area contributed by atoms with Crippen molar-refractivity contribution >= 4 is 11.9 Å². The number of amides is 1. The summed E-state index contributed by atoms with van der Waals surface area (Å²) in [5.74, 6) is -0.540. The lowest BCUT2D eigenvalue weighted by Gasteiger charge is -2.21. The van der Waals surface area contributed by atoms with Crippen LogP contribution in [0.25, 0.3) is 0 Å². The van der Waals surface area contributed by atoms with Crippen molar-refractivity contribution < 1.29 is 14.3 Å². The van der Waals surface area contributed by atoms with E-state index in [2.05, 4.69) is 5.32 Å². The third-order valence-corrected chi connectivity index (χ3v) is 1.95. The third kappa shape index (κ3) is 1.57. The summed E-state index contributed by atoms with van der Waals surface area (Å²) >= 11 is 0. The first kappa shape index (κ1) is 9.03. The molecule has 0 saturated carbocycles. The molecule has 12 heavy (non-hydrogen) atoms. The van der Waals surface area contributed by atoms with E-state index >= 15 is 0 Å². The van der Waals surface area contributed by atoms with Crippen LogP contribution in [0.5, 0.6) is 0 Å². The number of esters is 1. The number of hydrogen-bond donors (Lipinski definition) is 1. The second kappa shape index (κ2) is 2.77. The van der Waals surface area contributed by atoms with E-state index in [1.165, 1.54) is 6.92 Å². The summed E-state index contributed by atoms with van der Waals surface area (Å²) in [6.07, 6.45) is 0. The molecule has 0 aliphatic carbocycles. The molecule has 1 heterocycles. The zero-order valence-electron chi connectivity index (χ0n) is 7.51. The van der Waals surface area contributed by atoms with E-state index in [9.17, 15) is 9.59 Å². The summed E-state index contributed by atoms with van der Waals surface area (Å²) in [6, 6.07) is -0.491. The molecule has 1 rings (SSSR count). The van der Waals surface area contributed by atoms with Crippen LogP contribution in [-0.4, -0.2) is 24.5 Å². The van der Waals surface area contributed by atoms with Gasteiger partial charge in [0.15, 0.2) is 0 Å². The van der Waals surface area contributed by atoms with Gasteiger partial charge in [0.25, 0.3) is 0 Å². The van der Waals surface area contributed by atoms with Crippen molar-refractivity contribution in [3.63, 3.8) is 0 Å². The highest BCUT2D eigenvalue weighted by Gasteiger charge is 2.43. The maximum Gasteiger partial charge on any atom is 0.329 e. The minimum Gasteiger partial charge on any atom is -0.463 e. The molecule has 0 bridgehead atoms. The van der Waals surface area contributed by atoms with E-state index < -0.39 is 6.04 Å². The molecule has 0 aromatic rings. The number of cyclic esters (lactones) is 1. The number of rotatable bonds is 1. The monoisotopic (exact) mass is 171 g/mol. The van der Waals surface area contributed by atoms with Crippen molar-refractivity contribution in [3.05, 3.63) is 0 Å². The number of carbonyl (C=O) groups excluding carboxylic acids is 2. The summed E-state index contributed by atoms with van der Waals surface area (Å²) < 4.78 is 4.83. The maximum atomic E-state index is 11.1. The minimum absolute atomic E-state index is 0.202. The Morgan fingerprint density at radius 3 is 2.58 bits per heavy atom. The van der Waals surface area contributed by atoms with Gasteiger partial charge in [-0.1, -0.05) is 13.8 Å². The molecule has 1 atom stereocenters. The van der Waals surface area contributed by atoms with E-state index in [-0.39, 0.29) is 17.3 Å². The topological polar surface area (TPSA) is 55.4 Å². The first-order chi connectivity index (χ1) is 5.43. The average Bonchev–Trinajstić information content (AvgIpc) is 2.15. The normalized spacial score (nSPS) is 26.6. The van der Waals surface area contributed by atoms with Crippen LogP contribution in [0.2, 0.25) is 0 Å². The predicted octanol–water partition coefficient (Wildman–Crippen LogP) is 0.0741. The van der Waals surface area contributed by atoms with Gasteiger partial charge in [0, 0.05) is 12.3 Å². The van der Waals surface area contributed by atoms with Crippen LogP contribution in [0.3, 0.4) is 0 Å². The predicted molar refractivity (Wildman–Crippen MR) is 42.3 cm³/mol. The molecule has 1 fully saturated rings. The largest absolute Gasteiger partial charge is 0.463 e. The van der Waals surface area contributed by atoms with Crippen molar-refractivity contribution in [2.45, 2.75) is 26.8 Å². The van der Waals surface area contributed by atoms with Crippen molar-refractivity contribution in [3.8, 4) is 0 Å². The van der Waals surface area contributed by atoms with Crippen molar-refractivity contribution in [1.29, 1.82) is 0 Å². The molecule has 0 radical (unpaired) electrons. The first-order valence-electron chi connectivity index (χ1n) is 3.87. The number of ether oxygens (including phenoxy) is 1. The molecule has 0 spiro atoms. The zero-order valence-corrected chi connectivity index (χ0v) is 7.51. The van der Waals surface area contributed by atoms with Crippen molar-refractivity contribution in [2.24, 2.45) is 5.41 Å². The summed E-state index contributed by atoms with van der Waals surface area (Å²) in [7, 11) is 0. The molecule has 1 aliphatic rings. The van der Waals surface area contributed by atoms with Gasteiger partial charge in [-0.2, -0.15) is 0 Å². The molecule has 1 amide bonds. The van der Waals surface area contributed by atoms with E-state index in [0.29, 0.717) is 6.61 Å². The lowest BCUT2D eigenvalue weighted by molar-refractivity contribution is -0.141. The highest BCUT2D eigenvalue weighted by molar-refractivity contribution is 5.85. The molecule has 1 unspecified atom stereocenters. The lowest BCUT2D eigenvalue weighted by atomic mass is 9.87. The highest BCUT2D eigenvalue weighted by Crippen LogP contribution is 2.28. The molecular weight excluding hydrogens is 158 g/mol. The molecule has 0 aromatic carbocycles. The molecule has 68 valence electrons. The smallest absolute Gasteiger partial charge is 0.329 e. The fraction of sp³-hybridized carbons (Fsp3) is 0.750. The summed E-state index contributed by atoms with van der Waals surface area (Å²) in [5.41, 5.74) is -0.289. The Morgan fingerprint density at radius 2 is 2.25 bits per heavy atom. The van der Waals surface area contributed by atoms with E-state index in [4.69, 9.17) is 4.74 Å². The quantitative estimate of drug-likeness (QED) is 0.568. The maximum absolute atomic E-state index is 11.1. The lowest BCUT2D eigenvalue weighted by Crippen LogP contribution is -2.45. The van der Waals surface area contributed by atoms with Gasteiger partial charge >= 0.3 is 5.97 Å². The fourth-order valence-corrected chi connectivity index (χ4v) is 1.20. The van der Waals surface area contributed by atoms with Gasteiger partial charge in [-0.15, -0.1) is 0 Å². The fourth-order valence-electron chi connectivity index (χ4n) is 1.20. The van der Waals surface area contributed by atoms with Gasteiger partial charge in [-0.25, -0.2) is 4.79 Å². The van der Waals surface area contributed by atoms with E-state index in [1.54, 1.807) is 0 Å². The summed E-state index contributed by atoms with van der Waals surface area (Å²) in [5, 5.41) is 2.57. The molecular formula is C8H13NO3. The Balaban J connectivity index is 2.71. The SMILES string of the molecule is CC(=O)NC1C(=O)OCC1(C)C. The van der Waals surface area contributed by atoms with Crippen LogP contribution >= 0.6 is 0 Å². The highest BCUT2D eigenvalue weighted by atomic mass is 16.5. The van der Waals surface area contributed by atoms with Gasteiger partial charge in [0.05, 0.1) is 6.61 Å². The molecule has 4 nitrogen and oxygen atoms in total. The standard InChI is InChI=1S/C8H13NO3/c1-5(10)9-6-7(11)12-4-8(6,2)3/h6H,4H2,1-3H3,(H,9,10). The Labute approximate surface area is 71.3 Å². The van der Waals surface area contributed by atoms with Gasteiger partial charge in [-0.3, -0.25) is 4.79 Å². The van der Waals surface area contributed by atoms with Crippen LogP contribution < -0.4 is 5.32 Å². The number of carbonyl (C=O) groups is 2. The Kier molecular flexibility index (Phi) is 2.08. The van der Waals surface area contributed by atoms with E-state index in [0.717, 1.165) is 0 Å². The van der Waals surface area contributed by atoms with Crippen molar-refractivity contribution in [1.82, 2.24) is 5.32 Å². The molecule has 4 heteroatoms. The Hall–Kier alpha value is -1.06. The number of hydrogen-bond acceptors (Lipinski definition) is 3. The third-order valence-electron chi connectivity index (χ3n) is 1.95. The zero-order chi connectivity index (χ0) is 9.35. The van der Waals surface area contributed by atoms with Crippen LogP contribution in [0.15, 0.2) is 0 Å². The average molecular weight is 171 g/mol. The van der Waals surface area contributed by atoms with Crippen LogP contribution in [0.1, 0.15) is 20.8 Å². The van der Waals surface area contributed by atoms with Crippen LogP contribution in [0.4, 0.5) is 0 Å². The molecule has 1 aliphatic heterocycles. The van der Waals surface area contributed by atoms with Crippen LogP contribution in [-0.2, 0) is 14.3 Å². The Morgan fingerprint density at radius 1 is 1.67 bits per heavy atom. The minimum atomic E-state index is -0.491. The summed E-state index contributed by atoms with van der Waals surface area (Å²) in [6.45, 7) is 5.54. The second-order valence-electron chi connectivity index (χ2n) is 3.73. The van der Waals surface area contributed by atoms with Gasteiger partial charge in [-0.05, 0) is 0 Å². The molecule has 0 aromatic heterocycles. The van der Waals surface area contributed by atoms with Crippen LogP contribution in [0, 0.1) is 5.41 Å². The van der Waals surface area contributed by atoms with Crippen molar-refractivity contribution in [2.75, 3.05) is 6.61 Å². The van der Waals surface area contributed by atoms with E-state index in [1.807, 2.05) is 13.8 Å².